The van der Waals surface area contributed by atoms with Gasteiger partial charge in [-0.25, -0.2) is 13.1 Å². The number of aryl methyl sites for hydroxylation is 1. The molecule has 0 aliphatic heterocycles. The third kappa shape index (κ3) is 4.93. The normalized spacial score (nSPS) is 11.5. The number of rotatable bonds is 6. The van der Waals surface area contributed by atoms with Crippen molar-refractivity contribution in [2.45, 2.75) is 11.8 Å². The zero-order chi connectivity index (χ0) is 19.3. The molecule has 0 aliphatic rings. The Morgan fingerprint density at radius 2 is 1.73 bits per heavy atom. The molecule has 0 atom stereocenters. The van der Waals surface area contributed by atoms with Crippen LogP contribution in [0.1, 0.15) is 11.1 Å². The number of sulfonamides is 1. The fourth-order valence-corrected chi connectivity index (χ4v) is 3.02. The van der Waals surface area contributed by atoms with Gasteiger partial charge in [-0.2, -0.15) is 0 Å². The van der Waals surface area contributed by atoms with Crippen molar-refractivity contribution in [1.29, 1.82) is 0 Å². The van der Waals surface area contributed by atoms with Gasteiger partial charge < -0.3 is 10.2 Å². The molecule has 2 aromatic rings. The summed E-state index contributed by atoms with van der Waals surface area (Å²) >= 11 is 0. The third-order valence-electron chi connectivity index (χ3n) is 3.87. The minimum Gasteiger partial charge on any atom is -0.378 e. The zero-order valence-electron chi connectivity index (χ0n) is 15.3. The standard InChI is InChI=1S/C19H23N3O3S/c1-14-13-16(22(3)4)8-11-18(14)21-19(23)12-7-15-5-9-17(10-6-15)26(24,25)20-2/h5-13,20H,1-4H3,(H,21,23). The van der Waals surface area contributed by atoms with Crippen LogP contribution < -0.4 is 14.9 Å². The van der Waals surface area contributed by atoms with Gasteiger partial charge in [-0.05, 0) is 61.5 Å². The molecule has 6 nitrogen and oxygen atoms in total. The molecule has 0 saturated carbocycles. The fourth-order valence-electron chi connectivity index (χ4n) is 2.29. The van der Waals surface area contributed by atoms with E-state index in [0.717, 1.165) is 22.5 Å². The highest BCUT2D eigenvalue weighted by atomic mass is 32.2. The third-order valence-corrected chi connectivity index (χ3v) is 5.30. The molecule has 0 heterocycles. The van der Waals surface area contributed by atoms with Gasteiger partial charge >= 0.3 is 0 Å². The molecule has 0 bridgehead atoms. The smallest absolute Gasteiger partial charge is 0.248 e. The average molecular weight is 373 g/mol. The highest BCUT2D eigenvalue weighted by Gasteiger charge is 2.10. The first-order chi connectivity index (χ1) is 12.2. The molecule has 2 rings (SSSR count). The highest BCUT2D eigenvalue weighted by molar-refractivity contribution is 7.89. The lowest BCUT2D eigenvalue weighted by molar-refractivity contribution is -0.111. The van der Waals surface area contributed by atoms with Gasteiger partial charge in [-0.1, -0.05) is 12.1 Å². The molecular formula is C19H23N3O3S. The Balaban J connectivity index is 2.06. The fraction of sp³-hybridized carbons (Fsp3) is 0.211. The second kappa shape index (κ2) is 8.16. The molecule has 0 aromatic heterocycles. The quantitative estimate of drug-likeness (QED) is 0.763. The van der Waals surface area contributed by atoms with Crippen LogP contribution >= 0.6 is 0 Å². The van der Waals surface area contributed by atoms with Crippen molar-refractivity contribution in [3.63, 3.8) is 0 Å². The molecule has 0 aliphatic carbocycles. The monoisotopic (exact) mass is 373 g/mol. The molecule has 138 valence electrons. The molecule has 26 heavy (non-hydrogen) atoms. The van der Waals surface area contributed by atoms with E-state index in [0.29, 0.717) is 0 Å². The summed E-state index contributed by atoms with van der Waals surface area (Å²) in [4.78, 5) is 14.3. The first-order valence-electron chi connectivity index (χ1n) is 8.03. The lowest BCUT2D eigenvalue weighted by Gasteiger charge is -2.15. The van der Waals surface area contributed by atoms with Gasteiger partial charge in [-0.3, -0.25) is 4.79 Å². The Hall–Kier alpha value is -2.64. The van der Waals surface area contributed by atoms with Crippen LogP contribution in [0.3, 0.4) is 0 Å². The predicted octanol–water partition coefficient (Wildman–Crippen LogP) is 2.62. The Bertz CT molecular complexity index is 918. The molecular weight excluding hydrogens is 350 g/mol. The lowest BCUT2D eigenvalue weighted by Crippen LogP contribution is -2.18. The minimum absolute atomic E-state index is 0.179. The van der Waals surface area contributed by atoms with Gasteiger partial charge in [0.2, 0.25) is 15.9 Å². The van der Waals surface area contributed by atoms with E-state index in [4.69, 9.17) is 0 Å². The summed E-state index contributed by atoms with van der Waals surface area (Å²) in [6.07, 6.45) is 3.05. The first-order valence-corrected chi connectivity index (χ1v) is 9.52. The second-order valence-electron chi connectivity index (χ2n) is 5.99. The molecule has 7 heteroatoms. The summed E-state index contributed by atoms with van der Waals surface area (Å²) < 4.78 is 25.6. The van der Waals surface area contributed by atoms with Crippen LogP contribution in [0.4, 0.5) is 11.4 Å². The zero-order valence-corrected chi connectivity index (χ0v) is 16.1. The number of benzene rings is 2. The Morgan fingerprint density at radius 1 is 1.08 bits per heavy atom. The lowest BCUT2D eigenvalue weighted by atomic mass is 10.1. The molecule has 2 N–H and O–H groups in total. The number of hydrogen-bond donors (Lipinski definition) is 2. The number of anilines is 2. The van der Waals surface area contributed by atoms with Crippen LogP contribution in [0.25, 0.3) is 6.08 Å². The van der Waals surface area contributed by atoms with Crippen molar-refractivity contribution >= 4 is 33.4 Å². The minimum atomic E-state index is -3.46. The average Bonchev–Trinajstić information content (AvgIpc) is 2.62. The topological polar surface area (TPSA) is 78.5 Å². The summed E-state index contributed by atoms with van der Waals surface area (Å²) in [6.45, 7) is 1.94. The van der Waals surface area contributed by atoms with Gasteiger partial charge in [-0.15, -0.1) is 0 Å². The van der Waals surface area contributed by atoms with E-state index in [-0.39, 0.29) is 10.8 Å². The van der Waals surface area contributed by atoms with Crippen molar-refractivity contribution in [1.82, 2.24) is 4.72 Å². The molecule has 0 unspecified atom stereocenters. The highest BCUT2D eigenvalue weighted by Crippen LogP contribution is 2.21. The van der Waals surface area contributed by atoms with E-state index < -0.39 is 10.0 Å². The summed E-state index contributed by atoms with van der Waals surface area (Å²) in [5.41, 5.74) is 3.52. The Kier molecular flexibility index (Phi) is 6.18. The van der Waals surface area contributed by atoms with E-state index >= 15 is 0 Å². The number of carbonyl (C=O) groups is 1. The van der Waals surface area contributed by atoms with Gasteiger partial charge in [0.1, 0.15) is 0 Å². The van der Waals surface area contributed by atoms with E-state index in [1.165, 1.54) is 25.3 Å². The maximum Gasteiger partial charge on any atom is 0.248 e. The van der Waals surface area contributed by atoms with Crippen LogP contribution in [-0.2, 0) is 14.8 Å². The van der Waals surface area contributed by atoms with Crippen LogP contribution in [0.15, 0.2) is 53.4 Å². The second-order valence-corrected chi connectivity index (χ2v) is 7.88. The number of nitrogens with zero attached hydrogens (tertiary/aromatic N) is 1. The van der Waals surface area contributed by atoms with Crippen molar-refractivity contribution in [2.24, 2.45) is 0 Å². The maximum absolute atomic E-state index is 12.1. The van der Waals surface area contributed by atoms with Crippen LogP contribution in [0.2, 0.25) is 0 Å². The molecule has 0 spiro atoms. The van der Waals surface area contributed by atoms with Crippen molar-refractivity contribution in [3.05, 3.63) is 59.7 Å². The van der Waals surface area contributed by atoms with Gasteiger partial charge in [0.05, 0.1) is 4.90 Å². The van der Waals surface area contributed by atoms with Crippen LogP contribution in [-0.4, -0.2) is 35.5 Å². The number of nitrogens with one attached hydrogen (secondary N) is 2. The Labute approximate surface area is 154 Å². The molecule has 2 aromatic carbocycles. The predicted molar refractivity (Wildman–Crippen MR) is 106 cm³/mol. The van der Waals surface area contributed by atoms with Gasteiger partial charge in [0, 0.05) is 31.5 Å². The van der Waals surface area contributed by atoms with Gasteiger partial charge in [0.15, 0.2) is 0 Å². The first kappa shape index (κ1) is 19.7. The van der Waals surface area contributed by atoms with Crippen LogP contribution in [0.5, 0.6) is 0 Å². The Morgan fingerprint density at radius 3 is 2.27 bits per heavy atom. The van der Waals surface area contributed by atoms with Crippen molar-refractivity contribution in [3.8, 4) is 0 Å². The van der Waals surface area contributed by atoms with E-state index in [1.54, 1.807) is 18.2 Å². The number of amides is 1. The summed E-state index contributed by atoms with van der Waals surface area (Å²) in [7, 11) is 1.83. The summed E-state index contributed by atoms with van der Waals surface area (Å²) in [6, 6.07) is 12.1. The van der Waals surface area contributed by atoms with E-state index in [1.807, 2.05) is 44.1 Å². The molecule has 0 fully saturated rings. The van der Waals surface area contributed by atoms with Crippen molar-refractivity contribution < 1.29 is 13.2 Å². The SMILES string of the molecule is CNS(=O)(=O)c1ccc(C=CC(=O)Nc2ccc(N(C)C)cc2C)cc1. The van der Waals surface area contributed by atoms with E-state index in [9.17, 15) is 13.2 Å². The number of carbonyl (C=O) groups excluding carboxylic acids is 1. The summed E-state index contributed by atoms with van der Waals surface area (Å²) in [5, 5.41) is 2.84. The van der Waals surface area contributed by atoms with E-state index in [2.05, 4.69) is 10.0 Å². The van der Waals surface area contributed by atoms with Crippen molar-refractivity contribution in [2.75, 3.05) is 31.4 Å². The molecule has 0 saturated heterocycles. The maximum atomic E-state index is 12.1. The van der Waals surface area contributed by atoms with Gasteiger partial charge in [0.25, 0.3) is 0 Å². The summed E-state index contributed by atoms with van der Waals surface area (Å²) in [5.74, 6) is -0.252. The largest absolute Gasteiger partial charge is 0.378 e. The van der Waals surface area contributed by atoms with Crippen LogP contribution in [0, 0.1) is 6.92 Å². The molecule has 1 amide bonds. The molecule has 0 radical (unpaired) electrons. The number of hydrogen-bond acceptors (Lipinski definition) is 4.